The number of hydrogen-bond donors (Lipinski definition) is 1. The summed E-state index contributed by atoms with van der Waals surface area (Å²) in [6.07, 6.45) is 7.81. The Kier molecular flexibility index (Phi) is 4.32. The fourth-order valence-electron chi connectivity index (χ4n) is 5.57. The van der Waals surface area contributed by atoms with Crippen molar-refractivity contribution >= 4 is 11.9 Å². The van der Waals surface area contributed by atoms with Gasteiger partial charge in [0, 0.05) is 13.1 Å². The molecule has 1 aromatic carbocycles. The van der Waals surface area contributed by atoms with Crippen LogP contribution in [0.1, 0.15) is 62.5 Å². The van der Waals surface area contributed by atoms with E-state index in [9.17, 15) is 14.7 Å². The Morgan fingerprint density at radius 2 is 1.69 bits per heavy atom. The molecule has 4 nitrogen and oxygen atoms in total. The minimum atomic E-state index is -0.659. The van der Waals surface area contributed by atoms with Crippen LogP contribution >= 0.6 is 0 Å². The highest BCUT2D eigenvalue weighted by Gasteiger charge is 2.59. The molecular weight excluding hydrogens is 326 g/mol. The lowest BCUT2D eigenvalue weighted by molar-refractivity contribution is -0.141. The number of carbonyl (C=O) groups excluding carboxylic acids is 1. The molecule has 0 radical (unpaired) electrons. The lowest BCUT2D eigenvalue weighted by Gasteiger charge is -2.43. The van der Waals surface area contributed by atoms with Crippen LogP contribution in [0.25, 0.3) is 0 Å². The molecule has 140 valence electrons. The summed E-state index contributed by atoms with van der Waals surface area (Å²) in [6, 6.07) is 8.36. The van der Waals surface area contributed by atoms with E-state index in [2.05, 4.69) is 25.1 Å². The SMILES string of the molecule is Cc1ccccc1C1(C(=O)N2CCC3(CC2)CC3C(=O)O)CCCCC1. The molecule has 1 aliphatic heterocycles. The van der Waals surface area contributed by atoms with E-state index in [1.807, 2.05) is 11.0 Å². The largest absolute Gasteiger partial charge is 0.481 e. The van der Waals surface area contributed by atoms with Gasteiger partial charge in [0.05, 0.1) is 11.3 Å². The molecule has 1 saturated heterocycles. The number of rotatable bonds is 3. The van der Waals surface area contributed by atoms with Crippen molar-refractivity contribution < 1.29 is 14.7 Å². The number of carboxylic acid groups (broad SMARTS) is 1. The molecule has 3 aliphatic rings. The van der Waals surface area contributed by atoms with Crippen LogP contribution in [0.2, 0.25) is 0 Å². The molecule has 1 spiro atoms. The number of benzene rings is 1. The quantitative estimate of drug-likeness (QED) is 0.894. The summed E-state index contributed by atoms with van der Waals surface area (Å²) >= 11 is 0. The molecule has 3 fully saturated rings. The summed E-state index contributed by atoms with van der Waals surface area (Å²) in [7, 11) is 0. The normalized spacial score (nSPS) is 26.5. The van der Waals surface area contributed by atoms with E-state index in [0.717, 1.165) is 58.0 Å². The summed E-state index contributed by atoms with van der Waals surface area (Å²) in [4.78, 5) is 27.0. The van der Waals surface area contributed by atoms with Gasteiger partial charge in [-0.05, 0) is 55.6 Å². The molecule has 1 aromatic rings. The Morgan fingerprint density at radius 1 is 1.04 bits per heavy atom. The number of aryl methyl sites for hydroxylation is 1. The molecule has 1 N–H and O–H groups in total. The lowest BCUT2D eigenvalue weighted by atomic mass is 9.67. The highest BCUT2D eigenvalue weighted by atomic mass is 16.4. The first-order valence-corrected chi connectivity index (χ1v) is 10.1. The fraction of sp³-hybridized carbons (Fsp3) is 0.636. The first kappa shape index (κ1) is 17.6. The van der Waals surface area contributed by atoms with Gasteiger partial charge in [-0.25, -0.2) is 0 Å². The van der Waals surface area contributed by atoms with Gasteiger partial charge < -0.3 is 10.0 Å². The van der Waals surface area contributed by atoms with Crippen molar-refractivity contribution in [1.82, 2.24) is 4.90 Å². The number of piperidine rings is 1. The summed E-state index contributed by atoms with van der Waals surface area (Å²) in [5, 5.41) is 9.29. The van der Waals surface area contributed by atoms with Crippen molar-refractivity contribution in [2.75, 3.05) is 13.1 Å². The number of carboxylic acids is 1. The van der Waals surface area contributed by atoms with E-state index in [-0.39, 0.29) is 22.7 Å². The summed E-state index contributed by atoms with van der Waals surface area (Å²) in [6.45, 7) is 3.55. The molecule has 4 heteroatoms. The van der Waals surface area contributed by atoms with Crippen molar-refractivity contribution in [3.63, 3.8) is 0 Å². The lowest BCUT2D eigenvalue weighted by Crippen LogP contribution is -2.51. The van der Waals surface area contributed by atoms with Crippen LogP contribution in [-0.2, 0) is 15.0 Å². The number of hydrogen-bond acceptors (Lipinski definition) is 2. The minimum Gasteiger partial charge on any atom is -0.481 e. The van der Waals surface area contributed by atoms with Gasteiger partial charge in [-0.3, -0.25) is 9.59 Å². The summed E-state index contributed by atoms with van der Waals surface area (Å²) in [5.74, 6) is -0.554. The third kappa shape index (κ3) is 2.74. The second-order valence-corrected chi connectivity index (χ2v) is 8.71. The maximum Gasteiger partial charge on any atom is 0.307 e. The van der Waals surface area contributed by atoms with Crippen molar-refractivity contribution in [3.05, 3.63) is 35.4 Å². The second-order valence-electron chi connectivity index (χ2n) is 8.71. The first-order valence-electron chi connectivity index (χ1n) is 10.1. The monoisotopic (exact) mass is 355 g/mol. The number of carbonyl (C=O) groups is 2. The number of aliphatic carboxylic acids is 1. The van der Waals surface area contributed by atoms with E-state index >= 15 is 0 Å². The van der Waals surface area contributed by atoms with Gasteiger partial charge in [-0.15, -0.1) is 0 Å². The van der Waals surface area contributed by atoms with Gasteiger partial charge in [-0.2, -0.15) is 0 Å². The zero-order chi connectivity index (χ0) is 18.4. The van der Waals surface area contributed by atoms with Crippen molar-refractivity contribution in [2.24, 2.45) is 11.3 Å². The summed E-state index contributed by atoms with van der Waals surface area (Å²) < 4.78 is 0. The molecule has 1 amide bonds. The Labute approximate surface area is 155 Å². The molecular formula is C22H29NO3. The molecule has 1 heterocycles. The Morgan fingerprint density at radius 3 is 2.27 bits per heavy atom. The first-order chi connectivity index (χ1) is 12.5. The molecule has 2 saturated carbocycles. The average molecular weight is 355 g/mol. The molecule has 4 rings (SSSR count). The van der Waals surface area contributed by atoms with E-state index in [1.54, 1.807) is 0 Å². The van der Waals surface area contributed by atoms with Crippen LogP contribution in [0.4, 0.5) is 0 Å². The zero-order valence-electron chi connectivity index (χ0n) is 15.7. The van der Waals surface area contributed by atoms with Crippen LogP contribution in [0.3, 0.4) is 0 Å². The molecule has 0 aromatic heterocycles. The van der Waals surface area contributed by atoms with E-state index in [0.29, 0.717) is 0 Å². The second kappa shape index (κ2) is 6.40. The van der Waals surface area contributed by atoms with E-state index in [1.165, 1.54) is 17.5 Å². The highest BCUT2D eigenvalue weighted by Crippen LogP contribution is 2.59. The number of nitrogens with zero attached hydrogens (tertiary/aromatic N) is 1. The van der Waals surface area contributed by atoms with Gasteiger partial charge in [0.1, 0.15) is 0 Å². The predicted octanol–water partition coefficient (Wildman–Crippen LogP) is 3.91. The van der Waals surface area contributed by atoms with Crippen LogP contribution < -0.4 is 0 Å². The van der Waals surface area contributed by atoms with Gasteiger partial charge in [0.15, 0.2) is 0 Å². The zero-order valence-corrected chi connectivity index (χ0v) is 15.7. The van der Waals surface area contributed by atoms with Crippen LogP contribution in [0.5, 0.6) is 0 Å². The van der Waals surface area contributed by atoms with Crippen molar-refractivity contribution in [2.45, 2.75) is 63.7 Å². The van der Waals surface area contributed by atoms with Crippen LogP contribution in [0, 0.1) is 18.3 Å². The van der Waals surface area contributed by atoms with Crippen LogP contribution in [-0.4, -0.2) is 35.0 Å². The standard InChI is InChI=1S/C22H29NO3/c1-16-7-3-4-8-17(16)22(9-5-2-6-10-22)20(26)23-13-11-21(12-14-23)15-18(21)19(24)25/h3-4,7-8,18H,2,5-6,9-15H2,1H3,(H,24,25). The highest BCUT2D eigenvalue weighted by molar-refractivity contribution is 5.89. The Balaban J connectivity index is 1.55. The van der Waals surface area contributed by atoms with E-state index in [4.69, 9.17) is 0 Å². The topological polar surface area (TPSA) is 57.6 Å². The maximum absolute atomic E-state index is 13.7. The van der Waals surface area contributed by atoms with E-state index < -0.39 is 5.97 Å². The Bertz CT molecular complexity index is 712. The third-order valence-electron chi connectivity index (χ3n) is 7.31. The van der Waals surface area contributed by atoms with Gasteiger partial charge in [0.25, 0.3) is 0 Å². The molecule has 26 heavy (non-hydrogen) atoms. The van der Waals surface area contributed by atoms with Gasteiger partial charge >= 0.3 is 5.97 Å². The maximum atomic E-state index is 13.7. The molecule has 1 atom stereocenters. The summed E-state index contributed by atoms with van der Waals surface area (Å²) in [5.41, 5.74) is 2.03. The van der Waals surface area contributed by atoms with Gasteiger partial charge in [-0.1, -0.05) is 43.5 Å². The van der Waals surface area contributed by atoms with Crippen molar-refractivity contribution in [3.8, 4) is 0 Å². The number of likely N-dealkylation sites (tertiary alicyclic amines) is 1. The average Bonchev–Trinajstić information content (AvgIpc) is 3.36. The van der Waals surface area contributed by atoms with Gasteiger partial charge in [0.2, 0.25) is 5.91 Å². The fourth-order valence-corrected chi connectivity index (χ4v) is 5.57. The molecule has 1 unspecified atom stereocenters. The Hall–Kier alpha value is -1.84. The minimum absolute atomic E-state index is 0.0228. The third-order valence-corrected chi connectivity index (χ3v) is 7.31. The smallest absolute Gasteiger partial charge is 0.307 e. The van der Waals surface area contributed by atoms with Crippen molar-refractivity contribution in [1.29, 1.82) is 0 Å². The number of amides is 1. The molecule has 0 bridgehead atoms. The van der Waals surface area contributed by atoms with Crippen LogP contribution in [0.15, 0.2) is 24.3 Å². The molecule has 2 aliphatic carbocycles. The predicted molar refractivity (Wildman–Crippen MR) is 99.9 cm³/mol.